The number of aliphatic hydroxyl groups is 1. The molecule has 4 atom stereocenters. The number of carbonyl (C=O) groups is 2. The molecule has 0 unspecified atom stereocenters. The number of nitrogens with zero attached hydrogens (tertiary/aromatic N) is 2. The predicted octanol–water partition coefficient (Wildman–Crippen LogP) is 6.14. The number of fused-ring (bicyclic) bond motifs is 1. The minimum atomic E-state index is -0.954. The second kappa shape index (κ2) is 12.0. The average molecular weight is 555 g/mol. The molecule has 218 valence electrons. The largest absolute Gasteiger partial charge is 0.393 e. The van der Waals surface area contributed by atoms with E-state index in [1.54, 1.807) is 15.9 Å². The van der Waals surface area contributed by atoms with Crippen molar-refractivity contribution in [1.29, 1.82) is 0 Å². The van der Waals surface area contributed by atoms with Gasteiger partial charge in [0.1, 0.15) is 0 Å². The van der Waals surface area contributed by atoms with E-state index in [4.69, 9.17) is 0 Å². The van der Waals surface area contributed by atoms with Crippen molar-refractivity contribution in [3.63, 3.8) is 0 Å². The number of allylic oxidation sites excluding steroid dienone is 2. The quantitative estimate of drug-likeness (QED) is 0.339. The summed E-state index contributed by atoms with van der Waals surface area (Å²) >= 11 is 0. The number of halogens is 2. The van der Waals surface area contributed by atoms with E-state index in [1.807, 2.05) is 6.92 Å². The monoisotopic (exact) mass is 554 g/mol. The Morgan fingerprint density at radius 2 is 1.70 bits per heavy atom. The van der Waals surface area contributed by atoms with Gasteiger partial charge >= 0.3 is 0 Å². The number of amides is 2. The molecular formula is C33H44F2N2O3. The maximum Gasteiger partial charge on any atom is 0.246 e. The second-order valence-corrected chi connectivity index (χ2v) is 12.9. The van der Waals surface area contributed by atoms with Gasteiger partial charge < -0.3 is 14.9 Å². The summed E-state index contributed by atoms with van der Waals surface area (Å²) in [4.78, 5) is 29.0. The Kier molecular flexibility index (Phi) is 9.03. The van der Waals surface area contributed by atoms with Crippen molar-refractivity contribution in [1.82, 2.24) is 9.80 Å². The zero-order chi connectivity index (χ0) is 29.2. The van der Waals surface area contributed by atoms with Gasteiger partial charge in [-0.3, -0.25) is 9.59 Å². The highest BCUT2D eigenvalue weighted by Gasteiger charge is 2.55. The smallest absolute Gasteiger partial charge is 0.246 e. The molecule has 1 aliphatic heterocycles. The van der Waals surface area contributed by atoms with Gasteiger partial charge in [-0.2, -0.15) is 0 Å². The van der Waals surface area contributed by atoms with Crippen LogP contribution in [0.1, 0.15) is 71.8 Å². The summed E-state index contributed by atoms with van der Waals surface area (Å²) in [6.45, 7) is 15.0. The highest BCUT2D eigenvalue weighted by atomic mass is 19.2. The van der Waals surface area contributed by atoms with Crippen molar-refractivity contribution in [3.05, 3.63) is 65.3 Å². The Bertz CT molecular complexity index is 1200. The summed E-state index contributed by atoms with van der Waals surface area (Å²) in [5.74, 6) is -1.30. The normalized spacial score (nSPS) is 29.0. The van der Waals surface area contributed by atoms with Crippen molar-refractivity contribution in [2.45, 2.75) is 72.3 Å². The van der Waals surface area contributed by atoms with Gasteiger partial charge in [0.2, 0.25) is 11.8 Å². The van der Waals surface area contributed by atoms with Crippen molar-refractivity contribution >= 4 is 17.9 Å². The Morgan fingerprint density at radius 3 is 2.35 bits per heavy atom. The minimum absolute atomic E-state index is 0.0320. The molecule has 40 heavy (non-hydrogen) atoms. The number of rotatable bonds is 6. The Labute approximate surface area is 237 Å². The Morgan fingerprint density at radius 1 is 1.05 bits per heavy atom. The molecule has 1 aromatic carbocycles. The molecule has 2 amide bonds. The van der Waals surface area contributed by atoms with Gasteiger partial charge in [-0.25, -0.2) is 8.78 Å². The summed E-state index contributed by atoms with van der Waals surface area (Å²) in [7, 11) is 0. The Hall–Kier alpha value is -2.80. The fourth-order valence-corrected chi connectivity index (χ4v) is 7.48. The van der Waals surface area contributed by atoms with E-state index in [0.717, 1.165) is 56.2 Å². The molecule has 0 aromatic heterocycles. The van der Waals surface area contributed by atoms with E-state index in [2.05, 4.69) is 27.4 Å². The molecule has 1 saturated heterocycles. The first kappa shape index (κ1) is 30.2. The summed E-state index contributed by atoms with van der Waals surface area (Å²) in [6.07, 6.45) is 10.00. The molecule has 3 fully saturated rings. The molecule has 0 bridgehead atoms. The molecule has 1 aromatic rings. The summed E-state index contributed by atoms with van der Waals surface area (Å²) in [5, 5.41) is 10.7. The van der Waals surface area contributed by atoms with Crippen LogP contribution in [0.15, 0.2) is 48.1 Å². The lowest BCUT2D eigenvalue weighted by atomic mass is 9.46. The molecule has 1 N–H and O–H groups in total. The van der Waals surface area contributed by atoms with Gasteiger partial charge in [-0.05, 0) is 91.9 Å². The van der Waals surface area contributed by atoms with Crippen LogP contribution in [-0.2, 0) is 9.59 Å². The maximum atomic E-state index is 13.4. The fourth-order valence-electron chi connectivity index (χ4n) is 7.48. The molecule has 7 heteroatoms. The second-order valence-electron chi connectivity index (χ2n) is 12.9. The lowest BCUT2D eigenvalue weighted by molar-refractivity contribution is -0.134. The van der Waals surface area contributed by atoms with Gasteiger partial charge in [0.25, 0.3) is 0 Å². The van der Waals surface area contributed by atoms with Crippen LogP contribution in [0.2, 0.25) is 0 Å². The third-order valence-corrected chi connectivity index (χ3v) is 10.0. The van der Waals surface area contributed by atoms with Crippen LogP contribution >= 0.6 is 0 Å². The number of aliphatic hydroxyl groups excluding tert-OH is 1. The average Bonchev–Trinajstić information content (AvgIpc) is 2.91. The summed E-state index contributed by atoms with van der Waals surface area (Å²) in [5.41, 5.74) is 2.78. The summed E-state index contributed by atoms with van der Waals surface area (Å²) < 4.78 is 26.5. The van der Waals surface area contributed by atoms with E-state index in [0.29, 0.717) is 43.6 Å². The highest BCUT2D eigenvalue weighted by molar-refractivity contribution is 5.92. The van der Waals surface area contributed by atoms with Crippen molar-refractivity contribution in [2.24, 2.45) is 22.7 Å². The number of hydrogen-bond acceptors (Lipinski definition) is 3. The van der Waals surface area contributed by atoms with Crippen molar-refractivity contribution in [3.8, 4) is 0 Å². The standard InChI is InChI=1S/C33H44F2N2O3/c1-22(6-10-25-23(2)7-12-28-32(3,4)29(38)14-15-33(25,28)5)20-31(40)37-18-16-36(17-19-37)30(39)13-9-24-8-11-26(34)27(35)21-24/h8-9,11,13,20-21,25,28-29,38H,2,6-7,10,12,14-19H2,1,3-5H3/b13-9+,22-20+/t25-,28-,29-,33+/m1/s1. The van der Waals surface area contributed by atoms with E-state index >= 15 is 0 Å². The van der Waals surface area contributed by atoms with Gasteiger partial charge in [-0.1, -0.05) is 44.6 Å². The van der Waals surface area contributed by atoms with Gasteiger partial charge in [0.15, 0.2) is 11.6 Å². The third kappa shape index (κ3) is 6.24. The number of piperazine rings is 1. The first-order valence-corrected chi connectivity index (χ1v) is 14.6. The molecule has 1 heterocycles. The fraction of sp³-hybridized carbons (Fsp3) is 0.576. The molecule has 0 spiro atoms. The highest BCUT2D eigenvalue weighted by Crippen LogP contribution is 2.61. The predicted molar refractivity (Wildman–Crippen MR) is 154 cm³/mol. The van der Waals surface area contributed by atoms with Crippen LogP contribution < -0.4 is 0 Å². The van der Waals surface area contributed by atoms with Crippen LogP contribution in [0, 0.1) is 34.3 Å². The zero-order valence-electron chi connectivity index (χ0n) is 24.4. The first-order chi connectivity index (χ1) is 18.8. The lowest BCUT2D eigenvalue weighted by Crippen LogP contribution is -2.54. The molecule has 3 aliphatic rings. The van der Waals surface area contributed by atoms with Crippen molar-refractivity contribution in [2.75, 3.05) is 26.2 Å². The van der Waals surface area contributed by atoms with Gasteiger partial charge in [0, 0.05) is 38.3 Å². The maximum absolute atomic E-state index is 13.4. The molecule has 4 rings (SSSR count). The van der Waals surface area contributed by atoms with E-state index in [9.17, 15) is 23.5 Å². The van der Waals surface area contributed by atoms with Gasteiger partial charge in [-0.15, -0.1) is 0 Å². The Balaban J connectivity index is 1.29. The SMILES string of the molecule is C=C1CC[C@@H]2C(C)(C)[C@H](O)CC[C@@]2(C)[C@@H]1CC/C(C)=C/C(=O)N1CCN(C(=O)/C=C/c2ccc(F)c(F)c2)CC1. The van der Waals surface area contributed by atoms with Crippen LogP contribution in [0.3, 0.4) is 0 Å². The van der Waals surface area contributed by atoms with Crippen molar-refractivity contribution < 1.29 is 23.5 Å². The third-order valence-electron chi connectivity index (χ3n) is 10.0. The molecular weight excluding hydrogens is 510 g/mol. The van der Waals surface area contributed by atoms with Crippen LogP contribution in [-0.4, -0.2) is 59.0 Å². The first-order valence-electron chi connectivity index (χ1n) is 14.6. The van der Waals surface area contributed by atoms with E-state index in [-0.39, 0.29) is 28.7 Å². The molecule has 0 radical (unpaired) electrons. The topological polar surface area (TPSA) is 60.9 Å². The molecule has 5 nitrogen and oxygen atoms in total. The number of hydrogen-bond donors (Lipinski definition) is 1. The van der Waals surface area contributed by atoms with Crippen LogP contribution in [0.25, 0.3) is 6.08 Å². The van der Waals surface area contributed by atoms with E-state index < -0.39 is 11.6 Å². The minimum Gasteiger partial charge on any atom is -0.393 e. The molecule has 2 saturated carbocycles. The number of carbonyl (C=O) groups excluding carboxylic acids is 2. The summed E-state index contributed by atoms with van der Waals surface area (Å²) in [6, 6.07) is 3.49. The van der Waals surface area contributed by atoms with E-state index in [1.165, 1.54) is 23.8 Å². The van der Waals surface area contributed by atoms with Crippen LogP contribution in [0.5, 0.6) is 0 Å². The number of benzene rings is 1. The van der Waals surface area contributed by atoms with Crippen LogP contribution in [0.4, 0.5) is 8.78 Å². The van der Waals surface area contributed by atoms with Gasteiger partial charge in [0.05, 0.1) is 6.10 Å². The molecule has 2 aliphatic carbocycles. The zero-order valence-corrected chi connectivity index (χ0v) is 24.4. The lowest BCUT2D eigenvalue weighted by Gasteiger charge is -2.59.